The van der Waals surface area contributed by atoms with E-state index in [-0.39, 0.29) is 33.5 Å². The minimum absolute atomic E-state index is 0. The van der Waals surface area contributed by atoms with Crippen molar-refractivity contribution >= 4 is 26.2 Å². The van der Waals surface area contributed by atoms with Crippen molar-refractivity contribution in [1.29, 1.82) is 0 Å². The van der Waals surface area contributed by atoms with Crippen LogP contribution in [0.5, 0.6) is 0 Å². The monoisotopic (exact) mass is 359 g/mol. The van der Waals surface area contributed by atoms with Crippen LogP contribution in [0.1, 0.15) is 25.7 Å². The molecule has 23 heavy (non-hydrogen) atoms. The van der Waals surface area contributed by atoms with E-state index in [0.717, 1.165) is 21.9 Å². The predicted molar refractivity (Wildman–Crippen MR) is 95.3 cm³/mol. The van der Waals surface area contributed by atoms with Gasteiger partial charge in [-0.15, -0.1) is 29.7 Å². The number of amides is 1. The van der Waals surface area contributed by atoms with Crippen molar-refractivity contribution in [1.82, 2.24) is 0 Å². The summed E-state index contributed by atoms with van der Waals surface area (Å²) in [6, 6.07) is 14.7. The van der Waals surface area contributed by atoms with Crippen LogP contribution < -0.4 is 0 Å². The minimum atomic E-state index is -0.313. The molecule has 4 rings (SSSR count). The number of benzene rings is 1. The molecule has 3 unspecified atom stereocenters. The van der Waals surface area contributed by atoms with Gasteiger partial charge in [-0.05, 0) is 31.1 Å². The number of fused-ring (bicyclic) bond motifs is 3. The van der Waals surface area contributed by atoms with E-state index < -0.39 is 0 Å². The Balaban J connectivity index is 0.000000191. The van der Waals surface area contributed by atoms with E-state index in [1.165, 1.54) is 30.0 Å². The summed E-state index contributed by atoms with van der Waals surface area (Å²) in [5.74, 6) is 1.20. The van der Waals surface area contributed by atoms with Gasteiger partial charge in [0, 0.05) is 15.4 Å². The van der Waals surface area contributed by atoms with Gasteiger partial charge in [0.15, 0.2) is 0 Å². The van der Waals surface area contributed by atoms with Crippen LogP contribution in [0.4, 0.5) is 0 Å². The summed E-state index contributed by atoms with van der Waals surface area (Å²) in [6.07, 6.45) is 4.77. The topological polar surface area (TPSA) is 40.9 Å². The van der Waals surface area contributed by atoms with Crippen LogP contribution in [0.3, 0.4) is 0 Å². The average molecular weight is 359 g/mol. The second-order valence-electron chi connectivity index (χ2n) is 6.30. The molecule has 0 saturated heterocycles. The van der Waals surface area contributed by atoms with Crippen molar-refractivity contribution < 1.29 is 26.5 Å². The van der Waals surface area contributed by atoms with Crippen LogP contribution in [0, 0.1) is 17.8 Å². The zero-order valence-corrected chi connectivity index (χ0v) is 16.6. The molecule has 4 heteroatoms. The standard InChI is InChI=1S/C9H7.C8H13NO.C2H6Si.Ti/c1-2-5-9-7-3-6-8(9)4-1;9-8(10)7-4-5-1-2-6(7)3-5;1-3-2;/h1-7H;5-7H,1-4H2,(H2,9,10);1-2H3;/q-1;;;+2/p-1. The fraction of sp³-hybridized carbons (Fsp3) is 0.474. The first-order valence-corrected chi connectivity index (χ1v) is 10.1. The maximum Gasteiger partial charge on any atom is 2.00 e. The second kappa shape index (κ2) is 10.2. The molecule has 1 N–H and O–H groups in total. The summed E-state index contributed by atoms with van der Waals surface area (Å²) in [5.41, 5.74) is 6.99. The Morgan fingerprint density at radius 2 is 1.87 bits per heavy atom. The molecule has 2 saturated carbocycles. The van der Waals surface area contributed by atoms with E-state index in [1.807, 2.05) is 0 Å². The second-order valence-corrected chi connectivity index (χ2v) is 7.30. The minimum Gasteiger partial charge on any atom is -0.668 e. The van der Waals surface area contributed by atoms with Gasteiger partial charge in [0.25, 0.3) is 0 Å². The van der Waals surface area contributed by atoms with Gasteiger partial charge >= 0.3 is 21.7 Å². The molecular formula is C19H25NOSiTi. The van der Waals surface area contributed by atoms with Gasteiger partial charge in [0.1, 0.15) is 0 Å². The Morgan fingerprint density at radius 1 is 1.17 bits per heavy atom. The van der Waals surface area contributed by atoms with E-state index in [4.69, 9.17) is 5.73 Å². The number of nitrogens with one attached hydrogen (secondary N) is 1. The molecule has 2 aromatic carbocycles. The smallest absolute Gasteiger partial charge is 0.668 e. The molecule has 0 aliphatic heterocycles. The van der Waals surface area contributed by atoms with E-state index in [9.17, 15) is 4.79 Å². The van der Waals surface area contributed by atoms with Gasteiger partial charge in [0.2, 0.25) is 0 Å². The van der Waals surface area contributed by atoms with Crippen molar-refractivity contribution in [3.05, 3.63) is 48.2 Å². The molecular weight excluding hydrogens is 334 g/mol. The van der Waals surface area contributed by atoms with Crippen LogP contribution in [-0.4, -0.2) is 15.4 Å². The molecule has 2 aliphatic carbocycles. The van der Waals surface area contributed by atoms with Gasteiger partial charge in [-0.1, -0.05) is 25.6 Å². The maximum absolute atomic E-state index is 10.7. The van der Waals surface area contributed by atoms with Crippen LogP contribution >= 0.6 is 0 Å². The quantitative estimate of drug-likeness (QED) is 0.500. The van der Waals surface area contributed by atoms with Crippen molar-refractivity contribution in [2.24, 2.45) is 17.8 Å². The zero-order chi connectivity index (χ0) is 15.9. The first-order chi connectivity index (χ1) is 10.7. The zero-order valence-electron chi connectivity index (χ0n) is 14.0. The first-order valence-electron chi connectivity index (χ1n) is 8.10. The Kier molecular flexibility index (Phi) is 8.97. The molecule has 0 spiro atoms. The van der Waals surface area contributed by atoms with E-state index in [2.05, 4.69) is 55.6 Å². The third kappa shape index (κ3) is 5.66. The van der Waals surface area contributed by atoms with Gasteiger partial charge in [-0.3, -0.25) is 0 Å². The largest absolute Gasteiger partial charge is 2.00 e. The maximum atomic E-state index is 10.7. The third-order valence-electron chi connectivity index (χ3n) is 4.62. The number of rotatable bonds is 1. The van der Waals surface area contributed by atoms with Crippen molar-refractivity contribution in [3.63, 3.8) is 0 Å². The van der Waals surface area contributed by atoms with E-state index in [1.54, 1.807) is 0 Å². The summed E-state index contributed by atoms with van der Waals surface area (Å²) in [7, 11) is 1.08. The molecule has 2 fully saturated rings. The van der Waals surface area contributed by atoms with E-state index >= 15 is 0 Å². The molecule has 2 aliphatic rings. The van der Waals surface area contributed by atoms with Crippen molar-refractivity contribution in [2.45, 2.75) is 38.8 Å². The van der Waals surface area contributed by atoms with Crippen LogP contribution in [0.25, 0.3) is 16.5 Å². The molecule has 0 aromatic heterocycles. The molecule has 0 heterocycles. The Morgan fingerprint density at radius 3 is 2.35 bits per heavy atom. The predicted octanol–water partition coefficient (Wildman–Crippen LogP) is 5.34. The molecule has 2 bridgehead atoms. The summed E-state index contributed by atoms with van der Waals surface area (Å²) in [5, 5.41) is 2.66. The van der Waals surface area contributed by atoms with Crippen LogP contribution in [0.2, 0.25) is 13.1 Å². The molecule has 3 atom stereocenters. The number of carbonyl (C=O) groups is 1. The molecule has 1 amide bonds. The normalized spacial score (nSPS) is 24.0. The summed E-state index contributed by atoms with van der Waals surface area (Å²) < 4.78 is 0. The molecule has 2 radical (unpaired) electrons. The Hall–Kier alpha value is -0.769. The first kappa shape index (κ1) is 20.3. The fourth-order valence-electron chi connectivity index (χ4n) is 3.64. The fourth-order valence-corrected chi connectivity index (χ4v) is 3.64. The molecule has 2 nitrogen and oxygen atoms in total. The van der Waals surface area contributed by atoms with Gasteiger partial charge < -0.3 is 10.5 Å². The number of hydrogen-bond donors (Lipinski definition) is 0. The summed E-state index contributed by atoms with van der Waals surface area (Å²) >= 11 is 0. The van der Waals surface area contributed by atoms with Gasteiger partial charge in [-0.25, -0.2) is 0 Å². The number of hydrogen-bond acceptors (Lipinski definition) is 1. The number of carbonyl (C=O) groups excluding carboxylic acids is 1. The summed E-state index contributed by atoms with van der Waals surface area (Å²) in [4.78, 5) is 10.7. The molecule has 2 aromatic rings. The third-order valence-corrected chi connectivity index (χ3v) is 4.62. The van der Waals surface area contributed by atoms with Crippen LogP contribution in [-0.2, 0) is 26.5 Å². The Bertz CT molecular complexity index is 568. The average Bonchev–Trinajstić information content (AvgIpc) is 3.24. The Labute approximate surface area is 157 Å². The SMILES string of the molecule is C[Si]C.[NH-]C(=O)C1CC2CCC1C2.[Ti+2].c1ccc2[cH-]ccc2c1. The van der Waals surface area contributed by atoms with Crippen molar-refractivity contribution in [3.8, 4) is 0 Å². The molecule has 120 valence electrons. The summed E-state index contributed by atoms with van der Waals surface area (Å²) in [6.45, 7) is 4.31. The van der Waals surface area contributed by atoms with Crippen molar-refractivity contribution in [2.75, 3.05) is 0 Å². The van der Waals surface area contributed by atoms with Gasteiger partial charge in [-0.2, -0.15) is 17.5 Å². The van der Waals surface area contributed by atoms with Crippen LogP contribution in [0.15, 0.2) is 42.5 Å². The van der Waals surface area contributed by atoms with Gasteiger partial charge in [0.05, 0.1) is 5.91 Å². The van der Waals surface area contributed by atoms with E-state index in [0.29, 0.717) is 5.92 Å².